The van der Waals surface area contributed by atoms with Crippen LogP contribution in [-0.4, -0.2) is 27.2 Å². The molecule has 6 nitrogen and oxygen atoms in total. The van der Waals surface area contributed by atoms with E-state index in [1.54, 1.807) is 4.68 Å². The number of pyridine rings is 1. The maximum atomic E-state index is 13.2. The Morgan fingerprint density at radius 1 is 1.18 bits per heavy atom. The Bertz CT molecular complexity index is 1260. The van der Waals surface area contributed by atoms with Gasteiger partial charge in [0.05, 0.1) is 29.1 Å². The largest absolute Gasteiger partial charge is 0.416 e. The molecule has 2 aromatic heterocycles. The number of nitrogens with two attached hydrogens (primary N) is 1. The first-order valence-corrected chi connectivity index (χ1v) is 10.6. The highest BCUT2D eigenvalue weighted by Gasteiger charge is 2.34. The van der Waals surface area contributed by atoms with Gasteiger partial charge in [0.15, 0.2) is 0 Å². The van der Waals surface area contributed by atoms with Crippen molar-refractivity contribution in [2.45, 2.75) is 24.9 Å². The zero-order valence-corrected chi connectivity index (χ0v) is 18.0. The number of carbonyl (C=O) groups is 1. The van der Waals surface area contributed by atoms with Gasteiger partial charge < -0.3 is 10.6 Å². The Morgan fingerprint density at radius 3 is 2.55 bits per heavy atom. The zero-order valence-electron chi connectivity index (χ0n) is 17.2. The normalized spacial score (nSPS) is 15.7. The predicted octanol–water partition coefficient (Wildman–Crippen LogP) is 4.62. The lowest BCUT2D eigenvalue weighted by Crippen LogP contribution is -2.43. The van der Waals surface area contributed by atoms with Crippen molar-refractivity contribution in [3.8, 4) is 11.8 Å². The third-order valence-electron chi connectivity index (χ3n) is 5.17. The highest BCUT2D eigenvalue weighted by atomic mass is 32.2. The zero-order chi connectivity index (χ0) is 23.8. The van der Waals surface area contributed by atoms with Gasteiger partial charge >= 0.3 is 6.18 Å². The number of hydrogen-bond acceptors (Lipinski definition) is 5. The molecule has 4 rings (SSSR count). The van der Waals surface area contributed by atoms with Gasteiger partial charge in [-0.05, 0) is 42.8 Å². The number of halogens is 4. The smallest absolute Gasteiger partial charge is 0.384 e. The van der Waals surface area contributed by atoms with E-state index < -0.39 is 17.6 Å². The fraction of sp³-hybridized carbons (Fsp3) is 0.227. The highest BCUT2D eigenvalue weighted by Crippen LogP contribution is 2.32. The standard InChI is InChI=1S/C22H17F4N5OS/c1-13-11-30(18-6-4-17(5-7-18)22(23,24)25)21(32)20-15(10-29-31(13)20)3-2-14-9-28-19(27)8-16(14)12-33-26/h4-10,13H,11-12H2,1H3,(H2,27,28). The summed E-state index contributed by atoms with van der Waals surface area (Å²) in [5.74, 6) is 5.65. The Balaban J connectivity index is 1.68. The van der Waals surface area contributed by atoms with Crippen LogP contribution < -0.4 is 10.6 Å². The molecule has 0 saturated carbocycles. The summed E-state index contributed by atoms with van der Waals surface area (Å²) in [5, 5.41) is 4.27. The first kappa shape index (κ1) is 22.7. The van der Waals surface area contributed by atoms with E-state index in [1.165, 1.54) is 35.5 Å². The molecule has 170 valence electrons. The summed E-state index contributed by atoms with van der Waals surface area (Å²) in [4.78, 5) is 18.6. The number of nitrogens with zero attached hydrogens (tertiary/aromatic N) is 4. The molecule has 1 aliphatic heterocycles. The quantitative estimate of drug-likeness (QED) is 0.442. The summed E-state index contributed by atoms with van der Waals surface area (Å²) in [5.41, 5.74) is 6.81. The lowest BCUT2D eigenvalue weighted by atomic mass is 10.1. The van der Waals surface area contributed by atoms with Crippen molar-refractivity contribution in [1.29, 1.82) is 0 Å². The van der Waals surface area contributed by atoms with Crippen LogP contribution in [-0.2, 0) is 11.9 Å². The molecule has 1 unspecified atom stereocenters. The third-order valence-corrected chi connectivity index (χ3v) is 5.59. The van der Waals surface area contributed by atoms with Gasteiger partial charge in [-0.25, -0.2) is 4.98 Å². The van der Waals surface area contributed by atoms with Crippen LogP contribution in [0.3, 0.4) is 0 Å². The summed E-state index contributed by atoms with van der Waals surface area (Å²) < 4.78 is 53.0. The van der Waals surface area contributed by atoms with Crippen LogP contribution in [0.25, 0.3) is 0 Å². The molecular formula is C22H17F4N5OS. The first-order chi connectivity index (χ1) is 15.7. The number of carbonyl (C=O) groups excluding carboxylic acids is 1. The van der Waals surface area contributed by atoms with Gasteiger partial charge in [0.1, 0.15) is 11.5 Å². The summed E-state index contributed by atoms with van der Waals surface area (Å²) in [6, 6.07) is 5.73. The highest BCUT2D eigenvalue weighted by molar-refractivity contribution is 7.93. The van der Waals surface area contributed by atoms with Crippen LogP contribution in [0.5, 0.6) is 0 Å². The second-order valence-corrected chi connectivity index (χ2v) is 7.94. The van der Waals surface area contributed by atoms with E-state index in [0.717, 1.165) is 12.1 Å². The monoisotopic (exact) mass is 475 g/mol. The second-order valence-electron chi connectivity index (χ2n) is 7.43. The van der Waals surface area contributed by atoms with Gasteiger partial charge in [0.2, 0.25) is 0 Å². The molecule has 1 atom stereocenters. The Kier molecular flexibility index (Phi) is 6.03. The fourth-order valence-corrected chi connectivity index (χ4v) is 3.90. The lowest BCUT2D eigenvalue weighted by molar-refractivity contribution is -0.137. The molecule has 0 radical (unpaired) electrons. The average Bonchev–Trinajstić information content (AvgIpc) is 3.20. The van der Waals surface area contributed by atoms with Crippen molar-refractivity contribution in [1.82, 2.24) is 14.8 Å². The van der Waals surface area contributed by atoms with Gasteiger partial charge in [-0.15, -0.1) is 0 Å². The summed E-state index contributed by atoms with van der Waals surface area (Å²) in [6.45, 7) is 2.09. The van der Waals surface area contributed by atoms with Gasteiger partial charge in [-0.2, -0.15) is 22.2 Å². The van der Waals surface area contributed by atoms with E-state index in [1.807, 2.05) is 6.92 Å². The number of alkyl halides is 3. The van der Waals surface area contributed by atoms with Gasteiger partial charge in [-0.3, -0.25) is 9.48 Å². The summed E-state index contributed by atoms with van der Waals surface area (Å²) >= 11 is 0.126. The van der Waals surface area contributed by atoms with E-state index in [-0.39, 0.29) is 42.0 Å². The van der Waals surface area contributed by atoms with Crippen LogP contribution in [0, 0.1) is 11.8 Å². The van der Waals surface area contributed by atoms with Crippen LogP contribution in [0.15, 0.2) is 42.7 Å². The van der Waals surface area contributed by atoms with Crippen molar-refractivity contribution in [3.05, 3.63) is 70.7 Å². The van der Waals surface area contributed by atoms with E-state index in [0.29, 0.717) is 22.4 Å². The molecule has 1 aromatic carbocycles. The molecule has 1 aliphatic rings. The van der Waals surface area contributed by atoms with E-state index in [9.17, 15) is 21.9 Å². The lowest BCUT2D eigenvalue weighted by Gasteiger charge is -2.32. The number of amides is 1. The minimum absolute atomic E-state index is 0.0422. The molecule has 11 heteroatoms. The van der Waals surface area contributed by atoms with Gasteiger partial charge in [0.25, 0.3) is 5.91 Å². The van der Waals surface area contributed by atoms with Gasteiger partial charge in [0, 0.05) is 36.1 Å². The van der Waals surface area contributed by atoms with Crippen LogP contribution in [0.1, 0.15) is 45.7 Å². The minimum atomic E-state index is -4.46. The van der Waals surface area contributed by atoms with Crippen LogP contribution in [0.4, 0.5) is 28.6 Å². The fourth-order valence-electron chi connectivity index (χ4n) is 3.55. The number of benzene rings is 1. The molecule has 3 heterocycles. The number of aromatic nitrogens is 3. The molecule has 0 aliphatic carbocycles. The topological polar surface area (TPSA) is 77.0 Å². The molecule has 3 aromatic rings. The third kappa shape index (κ3) is 4.52. The molecule has 0 spiro atoms. The van der Waals surface area contributed by atoms with E-state index in [2.05, 4.69) is 21.9 Å². The minimum Gasteiger partial charge on any atom is -0.384 e. The Morgan fingerprint density at radius 2 is 1.88 bits per heavy atom. The maximum Gasteiger partial charge on any atom is 0.416 e. The Hall–Kier alpha value is -3.52. The van der Waals surface area contributed by atoms with Crippen molar-refractivity contribution in [3.63, 3.8) is 0 Å². The SMILES string of the molecule is CC1CN(c2ccc(C(F)(F)F)cc2)C(=O)c2c(C#Cc3cnc(N)cc3CSF)cnn21. The number of anilines is 2. The number of hydrogen-bond donors (Lipinski definition) is 1. The molecule has 1 amide bonds. The van der Waals surface area contributed by atoms with Gasteiger partial charge in [-0.1, -0.05) is 11.8 Å². The molecule has 2 N–H and O–H groups in total. The molecule has 0 bridgehead atoms. The Labute approximate surface area is 191 Å². The van der Waals surface area contributed by atoms with Crippen molar-refractivity contribution >= 4 is 29.6 Å². The predicted molar refractivity (Wildman–Crippen MR) is 117 cm³/mol. The molecule has 33 heavy (non-hydrogen) atoms. The first-order valence-electron chi connectivity index (χ1n) is 9.75. The van der Waals surface area contributed by atoms with E-state index in [4.69, 9.17) is 5.73 Å². The van der Waals surface area contributed by atoms with Crippen molar-refractivity contribution in [2.75, 3.05) is 17.2 Å². The number of nitrogen functional groups attached to an aromatic ring is 1. The van der Waals surface area contributed by atoms with Crippen molar-refractivity contribution < 1.29 is 21.9 Å². The molecule has 0 saturated heterocycles. The summed E-state index contributed by atoms with van der Waals surface area (Å²) in [7, 11) is 0. The van der Waals surface area contributed by atoms with E-state index >= 15 is 0 Å². The molecular weight excluding hydrogens is 458 g/mol. The number of rotatable bonds is 3. The number of fused-ring (bicyclic) bond motifs is 1. The van der Waals surface area contributed by atoms with Crippen LogP contribution >= 0.6 is 12.1 Å². The molecule has 0 fully saturated rings. The maximum absolute atomic E-state index is 13.2. The van der Waals surface area contributed by atoms with Crippen molar-refractivity contribution in [2.24, 2.45) is 0 Å². The second kappa shape index (κ2) is 8.78. The van der Waals surface area contributed by atoms with Crippen LogP contribution in [0.2, 0.25) is 0 Å². The summed E-state index contributed by atoms with van der Waals surface area (Å²) in [6.07, 6.45) is -1.57. The average molecular weight is 475 g/mol.